The van der Waals surface area contributed by atoms with Crippen molar-refractivity contribution in [2.45, 2.75) is 52.9 Å². The Kier molecular flexibility index (Phi) is 7.82. The van der Waals surface area contributed by atoms with Crippen molar-refractivity contribution in [2.75, 3.05) is 13.7 Å². The van der Waals surface area contributed by atoms with Crippen LogP contribution < -0.4 is 4.74 Å². The fourth-order valence-corrected chi connectivity index (χ4v) is 6.06. The molecule has 0 unspecified atom stereocenters. The third-order valence-electron chi connectivity index (χ3n) is 8.32. The molecule has 2 aliphatic rings. The number of allylic oxidation sites excluding steroid dienone is 2. The van der Waals surface area contributed by atoms with Crippen LogP contribution in [0.2, 0.25) is 0 Å². The van der Waals surface area contributed by atoms with Gasteiger partial charge in [-0.25, -0.2) is 0 Å². The van der Waals surface area contributed by atoms with Crippen molar-refractivity contribution < 1.29 is 19.1 Å². The lowest BCUT2D eigenvalue weighted by Crippen LogP contribution is -2.48. The van der Waals surface area contributed by atoms with Crippen LogP contribution in [-0.4, -0.2) is 25.3 Å². The molecule has 4 nitrogen and oxygen atoms in total. The second-order valence-electron chi connectivity index (χ2n) is 10.5. The normalized spacial score (nSPS) is 26.3. The number of Topliss-reactive ketones (excluding diaryl/α,β-unsaturated/α-hetero) is 2. The number of methoxy groups -OCH3 is 1. The second kappa shape index (κ2) is 10.9. The summed E-state index contributed by atoms with van der Waals surface area (Å²) in [7, 11) is 1.64. The number of ketones is 2. The standard InChI is InChI=1S/C32H38O4/c1-6-36-29(22-10-8-7-9-11-22)16-17-32(4)28(19-24(21(2)3)20-30(32)33)27-14-12-23-18-25(35-5)13-15-26(23)31(27)34/h7-11,13,15-16,18,24,27-28H,2,6,12,14,17,19-20H2,1,3-5H3/b29-16+/t24-,27+,28+,32-/m1/s1. The van der Waals surface area contributed by atoms with Crippen LogP contribution in [0.15, 0.2) is 66.8 Å². The van der Waals surface area contributed by atoms with Gasteiger partial charge in [-0.2, -0.15) is 0 Å². The molecule has 0 aliphatic heterocycles. The lowest BCUT2D eigenvalue weighted by atomic mass is 9.55. The van der Waals surface area contributed by atoms with Gasteiger partial charge in [-0.3, -0.25) is 9.59 Å². The number of rotatable bonds is 8. The quantitative estimate of drug-likeness (QED) is 0.295. The minimum atomic E-state index is -0.645. The first-order valence-corrected chi connectivity index (χ1v) is 13.1. The average Bonchev–Trinajstić information content (AvgIpc) is 2.88. The number of ether oxygens (including phenoxy) is 2. The molecule has 190 valence electrons. The lowest BCUT2D eigenvalue weighted by Gasteiger charge is -2.47. The van der Waals surface area contributed by atoms with Gasteiger partial charge in [0.1, 0.15) is 17.3 Å². The van der Waals surface area contributed by atoms with E-state index in [0.29, 0.717) is 19.4 Å². The van der Waals surface area contributed by atoms with Gasteiger partial charge in [-0.05, 0) is 81.2 Å². The zero-order chi connectivity index (χ0) is 25.9. The van der Waals surface area contributed by atoms with Gasteiger partial charge in [0.05, 0.1) is 13.7 Å². The van der Waals surface area contributed by atoms with Gasteiger partial charge in [0.2, 0.25) is 0 Å². The Morgan fingerprint density at radius 3 is 2.58 bits per heavy atom. The average molecular weight is 487 g/mol. The molecule has 4 rings (SSSR count). The number of benzene rings is 2. The number of fused-ring (bicyclic) bond motifs is 1. The molecule has 2 aliphatic carbocycles. The summed E-state index contributed by atoms with van der Waals surface area (Å²) in [5.41, 5.74) is 3.19. The van der Waals surface area contributed by atoms with Gasteiger partial charge in [-0.1, -0.05) is 49.4 Å². The summed E-state index contributed by atoms with van der Waals surface area (Å²) in [6, 6.07) is 15.7. The smallest absolute Gasteiger partial charge is 0.166 e. The van der Waals surface area contributed by atoms with Gasteiger partial charge in [0.15, 0.2) is 5.78 Å². The van der Waals surface area contributed by atoms with Crippen LogP contribution in [0.1, 0.15) is 67.9 Å². The van der Waals surface area contributed by atoms with Crippen molar-refractivity contribution in [2.24, 2.45) is 23.2 Å². The first kappa shape index (κ1) is 25.9. The van der Waals surface area contributed by atoms with Crippen molar-refractivity contribution in [1.29, 1.82) is 0 Å². The summed E-state index contributed by atoms with van der Waals surface area (Å²) in [6.07, 6.45) is 5.46. The fourth-order valence-electron chi connectivity index (χ4n) is 6.06. The molecule has 2 aromatic rings. The Morgan fingerprint density at radius 2 is 1.92 bits per heavy atom. The van der Waals surface area contributed by atoms with Gasteiger partial charge >= 0.3 is 0 Å². The van der Waals surface area contributed by atoms with Crippen LogP contribution in [0.4, 0.5) is 0 Å². The largest absolute Gasteiger partial charge is 0.497 e. The first-order valence-electron chi connectivity index (χ1n) is 13.1. The summed E-state index contributed by atoms with van der Waals surface area (Å²) in [6.45, 7) is 10.8. The topological polar surface area (TPSA) is 52.6 Å². The highest BCUT2D eigenvalue weighted by Gasteiger charge is 2.51. The van der Waals surface area contributed by atoms with E-state index in [1.165, 1.54) is 0 Å². The van der Waals surface area contributed by atoms with E-state index in [1.54, 1.807) is 7.11 Å². The molecule has 0 heterocycles. The fraction of sp³-hybridized carbons (Fsp3) is 0.438. The zero-order valence-corrected chi connectivity index (χ0v) is 22.0. The molecule has 0 saturated heterocycles. The number of aryl methyl sites for hydroxylation is 1. The summed E-state index contributed by atoms with van der Waals surface area (Å²) >= 11 is 0. The number of carbonyl (C=O) groups is 2. The Morgan fingerprint density at radius 1 is 1.17 bits per heavy atom. The second-order valence-corrected chi connectivity index (χ2v) is 10.5. The monoisotopic (exact) mass is 486 g/mol. The molecule has 1 fully saturated rings. The summed E-state index contributed by atoms with van der Waals surface area (Å²) < 4.78 is 11.4. The molecule has 4 heteroatoms. The van der Waals surface area contributed by atoms with E-state index in [-0.39, 0.29) is 29.3 Å². The zero-order valence-electron chi connectivity index (χ0n) is 22.0. The van der Waals surface area contributed by atoms with Crippen LogP contribution >= 0.6 is 0 Å². The number of carbonyl (C=O) groups excluding carboxylic acids is 2. The van der Waals surface area contributed by atoms with Gasteiger partial charge in [0, 0.05) is 28.9 Å². The van der Waals surface area contributed by atoms with E-state index in [2.05, 4.69) is 19.6 Å². The predicted octanol–water partition coefficient (Wildman–Crippen LogP) is 7.09. The van der Waals surface area contributed by atoms with Crippen molar-refractivity contribution >= 4 is 17.3 Å². The van der Waals surface area contributed by atoms with E-state index in [4.69, 9.17) is 9.47 Å². The maximum Gasteiger partial charge on any atom is 0.166 e. The van der Waals surface area contributed by atoms with Crippen LogP contribution in [0.5, 0.6) is 5.75 Å². The molecule has 1 saturated carbocycles. The Hall–Kier alpha value is -3.14. The molecule has 2 aromatic carbocycles. The predicted molar refractivity (Wildman–Crippen MR) is 144 cm³/mol. The molecule has 0 amide bonds. The molecule has 36 heavy (non-hydrogen) atoms. The van der Waals surface area contributed by atoms with Crippen molar-refractivity contribution in [1.82, 2.24) is 0 Å². The van der Waals surface area contributed by atoms with E-state index in [9.17, 15) is 9.59 Å². The highest BCUT2D eigenvalue weighted by atomic mass is 16.5. The molecule has 4 atom stereocenters. The Labute approximate surface area is 215 Å². The Balaban J connectivity index is 1.70. The van der Waals surface area contributed by atoms with Crippen LogP contribution in [0.3, 0.4) is 0 Å². The lowest BCUT2D eigenvalue weighted by molar-refractivity contribution is -0.136. The van der Waals surface area contributed by atoms with E-state index < -0.39 is 5.41 Å². The highest BCUT2D eigenvalue weighted by Crippen LogP contribution is 2.51. The molecular weight excluding hydrogens is 448 g/mol. The van der Waals surface area contributed by atoms with Crippen LogP contribution in [0.25, 0.3) is 5.76 Å². The van der Waals surface area contributed by atoms with E-state index >= 15 is 0 Å². The number of hydrogen-bond donors (Lipinski definition) is 0. The summed E-state index contributed by atoms with van der Waals surface area (Å²) in [4.78, 5) is 27.6. The minimum absolute atomic E-state index is 0.0573. The van der Waals surface area contributed by atoms with Crippen molar-refractivity contribution in [3.05, 3.63) is 83.4 Å². The molecule has 0 radical (unpaired) electrons. The molecular formula is C32H38O4. The maximum atomic E-state index is 13.8. The van der Waals surface area contributed by atoms with Crippen molar-refractivity contribution in [3.63, 3.8) is 0 Å². The van der Waals surface area contributed by atoms with Gasteiger partial charge in [0.25, 0.3) is 0 Å². The van der Waals surface area contributed by atoms with Gasteiger partial charge < -0.3 is 9.47 Å². The van der Waals surface area contributed by atoms with Gasteiger partial charge in [-0.15, -0.1) is 0 Å². The molecule has 0 aromatic heterocycles. The summed E-state index contributed by atoms with van der Waals surface area (Å²) in [5, 5.41) is 0. The third-order valence-corrected chi connectivity index (χ3v) is 8.32. The third kappa shape index (κ3) is 5.04. The van der Waals surface area contributed by atoms with Crippen LogP contribution in [-0.2, 0) is 16.0 Å². The maximum absolute atomic E-state index is 13.8. The minimum Gasteiger partial charge on any atom is -0.497 e. The number of hydrogen-bond acceptors (Lipinski definition) is 4. The molecule has 0 spiro atoms. The van der Waals surface area contributed by atoms with E-state index in [1.807, 2.05) is 62.4 Å². The first-order chi connectivity index (χ1) is 17.3. The van der Waals surface area contributed by atoms with Crippen molar-refractivity contribution in [3.8, 4) is 5.75 Å². The van der Waals surface area contributed by atoms with E-state index in [0.717, 1.165) is 53.0 Å². The highest BCUT2D eigenvalue weighted by molar-refractivity contribution is 6.01. The molecule has 0 N–H and O–H groups in total. The summed E-state index contributed by atoms with van der Waals surface area (Å²) in [5.74, 6) is 1.81. The SMILES string of the molecule is C=C(C)[C@H]1CC(=O)[C@](C)(C/C=C(/OCC)c2ccccc2)[C@H]([C@@H]2CCc3cc(OC)ccc3C2=O)C1. The Bertz CT molecular complexity index is 1160. The van der Waals surface area contributed by atoms with Crippen LogP contribution in [0, 0.1) is 23.2 Å². The molecule has 0 bridgehead atoms.